The van der Waals surface area contributed by atoms with Gasteiger partial charge in [0, 0.05) is 23.2 Å². The first kappa shape index (κ1) is 19.4. The molecule has 2 aromatic rings. The third-order valence-electron chi connectivity index (χ3n) is 4.90. The number of carboxylic acid groups (broad SMARTS) is 1. The third kappa shape index (κ3) is 4.49. The summed E-state index contributed by atoms with van der Waals surface area (Å²) < 4.78 is 6.03. The van der Waals surface area contributed by atoms with Crippen LogP contribution in [-0.2, 0) is 11.2 Å². The summed E-state index contributed by atoms with van der Waals surface area (Å²) >= 11 is 0. The van der Waals surface area contributed by atoms with E-state index >= 15 is 0 Å². The summed E-state index contributed by atoms with van der Waals surface area (Å²) in [4.78, 5) is 34.3. The fourth-order valence-electron chi connectivity index (χ4n) is 3.20. The van der Waals surface area contributed by atoms with E-state index in [1.807, 2.05) is 13.0 Å². The molecule has 7 heteroatoms. The number of carboxylic acids is 1. The van der Waals surface area contributed by atoms with Crippen LogP contribution in [0.3, 0.4) is 0 Å². The van der Waals surface area contributed by atoms with Crippen molar-refractivity contribution in [2.75, 3.05) is 5.32 Å². The number of anilines is 1. The number of aliphatic carboxylic acids is 1. The number of aryl methyl sites for hydroxylation is 1. The zero-order chi connectivity index (χ0) is 20.3. The van der Waals surface area contributed by atoms with E-state index in [1.54, 1.807) is 24.3 Å². The van der Waals surface area contributed by atoms with Gasteiger partial charge in [-0.3, -0.25) is 14.4 Å². The van der Waals surface area contributed by atoms with Crippen LogP contribution in [0, 0.1) is 0 Å². The summed E-state index contributed by atoms with van der Waals surface area (Å²) in [7, 11) is 0. The van der Waals surface area contributed by atoms with Gasteiger partial charge in [0.15, 0.2) is 0 Å². The van der Waals surface area contributed by atoms with Crippen LogP contribution in [0.25, 0.3) is 0 Å². The number of nitrogens with two attached hydrogens (primary N) is 1. The highest BCUT2D eigenvalue weighted by Crippen LogP contribution is 2.37. The van der Waals surface area contributed by atoms with Gasteiger partial charge in [0.25, 0.3) is 5.91 Å². The Hall–Kier alpha value is -3.35. The maximum Gasteiger partial charge on any atom is 0.303 e. The zero-order valence-electron chi connectivity index (χ0n) is 15.5. The Labute approximate surface area is 162 Å². The van der Waals surface area contributed by atoms with Crippen molar-refractivity contribution < 1.29 is 24.2 Å². The monoisotopic (exact) mass is 382 g/mol. The Morgan fingerprint density at radius 1 is 1.14 bits per heavy atom. The van der Waals surface area contributed by atoms with Crippen LogP contribution < -0.4 is 15.8 Å². The van der Waals surface area contributed by atoms with Gasteiger partial charge in [-0.2, -0.15) is 0 Å². The minimum absolute atomic E-state index is 0.0640. The van der Waals surface area contributed by atoms with Crippen molar-refractivity contribution in [2.24, 2.45) is 5.73 Å². The second kappa shape index (κ2) is 7.72. The molecule has 0 bridgehead atoms. The van der Waals surface area contributed by atoms with Gasteiger partial charge in [0.1, 0.15) is 11.4 Å². The standard InChI is InChI=1S/C21H22N2O5/c1-21(11-9-18(24)25)10-8-15-12-16(6-7-17(15)28-21)23-20(27)14-4-2-13(3-5-14)19(22)26/h2-7,12H,8-11H2,1H3,(H2,22,26)(H,23,27)(H,24,25). The maximum absolute atomic E-state index is 12.4. The van der Waals surface area contributed by atoms with Crippen LogP contribution >= 0.6 is 0 Å². The van der Waals surface area contributed by atoms with Crippen molar-refractivity contribution in [3.05, 3.63) is 59.2 Å². The average Bonchev–Trinajstić information content (AvgIpc) is 2.67. The van der Waals surface area contributed by atoms with E-state index in [0.29, 0.717) is 35.4 Å². The smallest absolute Gasteiger partial charge is 0.303 e. The molecule has 0 fully saturated rings. The number of fused-ring (bicyclic) bond motifs is 1. The molecular formula is C21H22N2O5. The van der Waals surface area contributed by atoms with Gasteiger partial charge < -0.3 is 20.9 Å². The van der Waals surface area contributed by atoms with Gasteiger partial charge in [-0.05, 0) is 74.2 Å². The Morgan fingerprint density at radius 2 is 1.82 bits per heavy atom. The lowest BCUT2D eigenvalue weighted by Gasteiger charge is -2.35. The fourth-order valence-corrected chi connectivity index (χ4v) is 3.20. The van der Waals surface area contributed by atoms with Crippen LogP contribution in [-0.4, -0.2) is 28.5 Å². The molecule has 7 nitrogen and oxygen atoms in total. The molecule has 2 aromatic carbocycles. The van der Waals surface area contributed by atoms with E-state index < -0.39 is 17.5 Å². The largest absolute Gasteiger partial charge is 0.487 e. The number of primary amides is 1. The molecule has 0 aliphatic carbocycles. The van der Waals surface area contributed by atoms with Gasteiger partial charge >= 0.3 is 5.97 Å². The van der Waals surface area contributed by atoms with E-state index in [0.717, 1.165) is 12.0 Å². The number of ether oxygens (including phenoxy) is 1. The molecule has 0 spiro atoms. The van der Waals surface area contributed by atoms with Gasteiger partial charge in [0.05, 0.1) is 0 Å². The van der Waals surface area contributed by atoms with Crippen LogP contribution in [0.5, 0.6) is 5.75 Å². The number of nitrogens with one attached hydrogen (secondary N) is 1. The normalized spacial score (nSPS) is 17.9. The molecule has 0 radical (unpaired) electrons. The van der Waals surface area contributed by atoms with Crippen molar-refractivity contribution in [2.45, 2.75) is 38.2 Å². The number of carbonyl (C=O) groups excluding carboxylic acids is 2. The molecule has 1 aliphatic rings. The minimum atomic E-state index is -0.836. The molecule has 3 rings (SSSR count). The Bertz CT molecular complexity index is 923. The van der Waals surface area contributed by atoms with Crippen LogP contribution in [0.4, 0.5) is 5.69 Å². The molecule has 1 heterocycles. The van der Waals surface area contributed by atoms with E-state index in [2.05, 4.69) is 5.32 Å². The van der Waals surface area contributed by atoms with E-state index in [-0.39, 0.29) is 12.3 Å². The maximum atomic E-state index is 12.4. The molecule has 1 unspecified atom stereocenters. The van der Waals surface area contributed by atoms with E-state index in [9.17, 15) is 14.4 Å². The number of rotatable bonds is 6. The predicted octanol–water partition coefficient (Wildman–Crippen LogP) is 2.99. The van der Waals surface area contributed by atoms with Gasteiger partial charge in [0.2, 0.25) is 5.91 Å². The quantitative estimate of drug-likeness (QED) is 0.710. The lowest BCUT2D eigenvalue weighted by molar-refractivity contribution is -0.138. The molecule has 1 atom stereocenters. The minimum Gasteiger partial charge on any atom is -0.487 e. The van der Waals surface area contributed by atoms with E-state index in [4.69, 9.17) is 15.6 Å². The third-order valence-corrected chi connectivity index (χ3v) is 4.90. The summed E-state index contributed by atoms with van der Waals surface area (Å²) in [6.07, 6.45) is 1.96. The molecule has 1 aliphatic heterocycles. The van der Waals surface area contributed by atoms with Crippen molar-refractivity contribution in [3.63, 3.8) is 0 Å². The Balaban J connectivity index is 1.68. The second-order valence-electron chi connectivity index (χ2n) is 7.16. The molecule has 146 valence electrons. The molecule has 0 saturated heterocycles. The zero-order valence-corrected chi connectivity index (χ0v) is 15.5. The van der Waals surface area contributed by atoms with Crippen molar-refractivity contribution in [1.82, 2.24) is 0 Å². The highest BCUT2D eigenvalue weighted by Gasteiger charge is 2.32. The number of benzene rings is 2. The first-order chi connectivity index (χ1) is 13.3. The molecular weight excluding hydrogens is 360 g/mol. The SMILES string of the molecule is CC1(CCC(=O)O)CCc2cc(NC(=O)c3ccc(C(N)=O)cc3)ccc2O1. The van der Waals surface area contributed by atoms with E-state index in [1.165, 1.54) is 12.1 Å². The van der Waals surface area contributed by atoms with Crippen LogP contribution in [0.1, 0.15) is 52.5 Å². The molecule has 2 amide bonds. The fraction of sp³-hybridized carbons (Fsp3) is 0.286. The summed E-state index contributed by atoms with van der Waals surface area (Å²) in [6, 6.07) is 11.5. The van der Waals surface area contributed by atoms with Gasteiger partial charge in [-0.25, -0.2) is 0 Å². The summed E-state index contributed by atoms with van der Waals surface area (Å²) in [5, 5.41) is 11.7. The molecule has 4 N–H and O–H groups in total. The topological polar surface area (TPSA) is 119 Å². The number of carbonyl (C=O) groups is 3. The highest BCUT2D eigenvalue weighted by molar-refractivity contribution is 6.05. The lowest BCUT2D eigenvalue weighted by Crippen LogP contribution is -2.36. The number of amides is 2. The summed E-state index contributed by atoms with van der Waals surface area (Å²) in [5.41, 5.74) is 7.06. The van der Waals surface area contributed by atoms with Gasteiger partial charge in [-0.15, -0.1) is 0 Å². The first-order valence-electron chi connectivity index (χ1n) is 9.01. The second-order valence-corrected chi connectivity index (χ2v) is 7.16. The van der Waals surface area contributed by atoms with Crippen molar-refractivity contribution >= 4 is 23.5 Å². The van der Waals surface area contributed by atoms with Crippen molar-refractivity contribution in [1.29, 1.82) is 0 Å². The first-order valence-corrected chi connectivity index (χ1v) is 9.01. The lowest BCUT2D eigenvalue weighted by atomic mass is 9.88. The number of hydrogen-bond donors (Lipinski definition) is 3. The summed E-state index contributed by atoms with van der Waals surface area (Å²) in [5.74, 6) is -0.962. The van der Waals surface area contributed by atoms with Gasteiger partial charge in [-0.1, -0.05) is 0 Å². The van der Waals surface area contributed by atoms with Crippen molar-refractivity contribution in [3.8, 4) is 5.75 Å². The Morgan fingerprint density at radius 3 is 2.46 bits per heavy atom. The number of hydrogen-bond acceptors (Lipinski definition) is 4. The Kier molecular flexibility index (Phi) is 5.35. The molecule has 28 heavy (non-hydrogen) atoms. The predicted molar refractivity (Wildman–Crippen MR) is 104 cm³/mol. The molecule has 0 saturated carbocycles. The summed E-state index contributed by atoms with van der Waals surface area (Å²) in [6.45, 7) is 1.92. The van der Waals surface area contributed by atoms with Crippen LogP contribution in [0.2, 0.25) is 0 Å². The van der Waals surface area contributed by atoms with Crippen LogP contribution in [0.15, 0.2) is 42.5 Å². The average molecular weight is 382 g/mol. The molecule has 0 aromatic heterocycles. The highest BCUT2D eigenvalue weighted by atomic mass is 16.5.